The molecule has 0 aromatic carbocycles. The minimum atomic E-state index is 0.675. The van der Waals surface area contributed by atoms with Gasteiger partial charge in [0.15, 0.2) is 0 Å². The van der Waals surface area contributed by atoms with Crippen molar-refractivity contribution in [3.8, 4) is 0 Å². The Morgan fingerprint density at radius 2 is 2.27 bits per heavy atom. The van der Waals surface area contributed by atoms with Gasteiger partial charge < -0.3 is 0 Å². The van der Waals surface area contributed by atoms with Gasteiger partial charge in [0, 0.05) is 11.6 Å². The van der Waals surface area contributed by atoms with Crippen LogP contribution in [-0.2, 0) is 0 Å². The van der Waals surface area contributed by atoms with Gasteiger partial charge in [-0.1, -0.05) is 6.92 Å². The zero-order valence-electron chi connectivity index (χ0n) is 7.93. The van der Waals surface area contributed by atoms with Crippen LogP contribution < -0.4 is 0 Å². The van der Waals surface area contributed by atoms with Gasteiger partial charge in [0.25, 0.3) is 0 Å². The fourth-order valence-corrected chi connectivity index (χ4v) is 3.02. The summed E-state index contributed by atoms with van der Waals surface area (Å²) < 4.78 is 0. The Bertz CT molecular complexity index is 160. The van der Waals surface area contributed by atoms with Crippen molar-refractivity contribution >= 4 is 0 Å². The SMILES string of the molecule is CCC12CC1CCN2C(C)C. The van der Waals surface area contributed by atoms with Gasteiger partial charge in [-0.25, -0.2) is 0 Å². The molecule has 11 heavy (non-hydrogen) atoms. The molecule has 0 spiro atoms. The first-order valence-corrected chi connectivity index (χ1v) is 4.97. The molecular weight excluding hydrogens is 134 g/mol. The summed E-state index contributed by atoms with van der Waals surface area (Å²) in [6.07, 6.45) is 4.32. The number of piperidine rings is 1. The van der Waals surface area contributed by atoms with Crippen molar-refractivity contribution in [2.45, 2.75) is 51.6 Å². The van der Waals surface area contributed by atoms with Crippen molar-refractivity contribution < 1.29 is 0 Å². The molecule has 64 valence electrons. The molecule has 1 aliphatic carbocycles. The van der Waals surface area contributed by atoms with E-state index in [1.54, 1.807) is 0 Å². The van der Waals surface area contributed by atoms with Gasteiger partial charge in [-0.05, 0) is 45.6 Å². The van der Waals surface area contributed by atoms with Gasteiger partial charge in [-0.2, -0.15) is 0 Å². The largest absolute Gasteiger partial charge is 0.295 e. The summed E-state index contributed by atoms with van der Waals surface area (Å²) in [6, 6.07) is 0.766. The van der Waals surface area contributed by atoms with E-state index in [1.807, 2.05) is 0 Å². The Labute approximate surface area is 69.8 Å². The number of hydrogen-bond acceptors (Lipinski definition) is 1. The maximum absolute atomic E-state index is 2.72. The molecule has 0 radical (unpaired) electrons. The van der Waals surface area contributed by atoms with Crippen LogP contribution in [0.1, 0.15) is 40.0 Å². The summed E-state index contributed by atoms with van der Waals surface area (Å²) in [4.78, 5) is 2.72. The highest BCUT2D eigenvalue weighted by Crippen LogP contribution is 2.58. The second-order valence-corrected chi connectivity index (χ2v) is 4.43. The monoisotopic (exact) mass is 153 g/mol. The molecule has 1 nitrogen and oxygen atoms in total. The molecule has 1 heterocycles. The van der Waals surface area contributed by atoms with Crippen molar-refractivity contribution in [3.05, 3.63) is 0 Å². The molecule has 0 aromatic rings. The highest BCUT2D eigenvalue weighted by molar-refractivity contribution is 5.15. The number of nitrogens with zero attached hydrogens (tertiary/aromatic N) is 1. The van der Waals surface area contributed by atoms with Crippen molar-refractivity contribution in [1.29, 1.82) is 0 Å². The average molecular weight is 153 g/mol. The molecule has 2 aliphatic rings. The fourth-order valence-electron chi connectivity index (χ4n) is 3.02. The first kappa shape index (κ1) is 7.60. The van der Waals surface area contributed by atoms with E-state index in [-0.39, 0.29) is 0 Å². The van der Waals surface area contributed by atoms with Gasteiger partial charge in [0.1, 0.15) is 0 Å². The molecular formula is C10H19N. The zero-order valence-corrected chi connectivity index (χ0v) is 7.93. The summed E-state index contributed by atoms with van der Waals surface area (Å²) in [5, 5.41) is 0. The van der Waals surface area contributed by atoms with Crippen molar-refractivity contribution in [2.24, 2.45) is 5.92 Å². The Balaban J connectivity index is 2.11. The van der Waals surface area contributed by atoms with Crippen LogP contribution in [0.4, 0.5) is 0 Å². The third-order valence-corrected chi connectivity index (χ3v) is 3.73. The van der Waals surface area contributed by atoms with Crippen LogP contribution in [0.5, 0.6) is 0 Å². The zero-order chi connectivity index (χ0) is 8.06. The van der Waals surface area contributed by atoms with Gasteiger partial charge in [-0.3, -0.25) is 4.90 Å². The highest BCUT2D eigenvalue weighted by atomic mass is 15.3. The van der Waals surface area contributed by atoms with Crippen LogP contribution in [0, 0.1) is 5.92 Å². The van der Waals surface area contributed by atoms with Crippen molar-refractivity contribution in [1.82, 2.24) is 4.90 Å². The summed E-state index contributed by atoms with van der Waals surface area (Å²) in [7, 11) is 0. The Hall–Kier alpha value is -0.0400. The summed E-state index contributed by atoms with van der Waals surface area (Å²) in [5.41, 5.74) is 0.675. The highest BCUT2D eigenvalue weighted by Gasteiger charge is 2.60. The van der Waals surface area contributed by atoms with E-state index < -0.39 is 0 Å². The lowest BCUT2D eigenvalue weighted by atomic mass is 10.1. The van der Waals surface area contributed by atoms with E-state index in [2.05, 4.69) is 25.7 Å². The quantitative estimate of drug-likeness (QED) is 0.588. The van der Waals surface area contributed by atoms with Crippen LogP contribution in [0.15, 0.2) is 0 Å². The first-order chi connectivity index (χ1) is 5.20. The molecule has 1 saturated heterocycles. The molecule has 2 atom stereocenters. The predicted molar refractivity (Wildman–Crippen MR) is 47.6 cm³/mol. The number of likely N-dealkylation sites (tertiary alicyclic amines) is 1. The van der Waals surface area contributed by atoms with E-state index >= 15 is 0 Å². The lowest BCUT2D eigenvalue weighted by Gasteiger charge is -2.31. The van der Waals surface area contributed by atoms with Crippen LogP contribution >= 0.6 is 0 Å². The van der Waals surface area contributed by atoms with Gasteiger partial charge in [0.2, 0.25) is 0 Å². The van der Waals surface area contributed by atoms with Crippen LogP contribution in [0.25, 0.3) is 0 Å². The van der Waals surface area contributed by atoms with Gasteiger partial charge in [-0.15, -0.1) is 0 Å². The standard InChI is InChI=1S/C10H19N/c1-4-10-7-9(10)5-6-11(10)8(2)3/h8-9H,4-7H2,1-3H3. The van der Waals surface area contributed by atoms with Crippen LogP contribution in [-0.4, -0.2) is 23.0 Å². The molecule has 2 rings (SSSR count). The third-order valence-electron chi connectivity index (χ3n) is 3.73. The molecule has 2 fully saturated rings. The van der Waals surface area contributed by atoms with Crippen molar-refractivity contribution in [2.75, 3.05) is 6.54 Å². The van der Waals surface area contributed by atoms with E-state index in [1.165, 1.54) is 25.8 Å². The maximum Gasteiger partial charge on any atom is 0.0242 e. The molecule has 2 unspecified atom stereocenters. The number of rotatable bonds is 2. The molecule has 0 amide bonds. The van der Waals surface area contributed by atoms with Gasteiger partial charge >= 0.3 is 0 Å². The van der Waals surface area contributed by atoms with Crippen LogP contribution in [0.2, 0.25) is 0 Å². The topological polar surface area (TPSA) is 3.24 Å². The maximum atomic E-state index is 2.72. The third kappa shape index (κ3) is 0.868. The average Bonchev–Trinajstić information content (AvgIpc) is 2.58. The Kier molecular flexibility index (Phi) is 1.54. The first-order valence-electron chi connectivity index (χ1n) is 4.97. The minimum absolute atomic E-state index is 0.675. The smallest absolute Gasteiger partial charge is 0.0242 e. The summed E-state index contributed by atoms with van der Waals surface area (Å²) in [6.45, 7) is 8.37. The van der Waals surface area contributed by atoms with E-state index in [4.69, 9.17) is 0 Å². The molecule has 1 saturated carbocycles. The number of hydrogen-bond donors (Lipinski definition) is 0. The predicted octanol–water partition coefficient (Wildman–Crippen LogP) is 2.27. The summed E-state index contributed by atoms with van der Waals surface area (Å²) >= 11 is 0. The lowest BCUT2D eigenvalue weighted by molar-refractivity contribution is 0.160. The molecule has 0 aromatic heterocycles. The summed E-state index contributed by atoms with van der Waals surface area (Å²) in [5.74, 6) is 1.06. The lowest BCUT2D eigenvalue weighted by Crippen LogP contribution is -2.39. The second kappa shape index (κ2) is 2.22. The van der Waals surface area contributed by atoms with E-state index in [0.29, 0.717) is 5.54 Å². The molecule has 1 heteroatoms. The van der Waals surface area contributed by atoms with Gasteiger partial charge in [0.05, 0.1) is 0 Å². The van der Waals surface area contributed by atoms with Crippen molar-refractivity contribution in [3.63, 3.8) is 0 Å². The molecule has 0 N–H and O–H groups in total. The fraction of sp³-hybridized carbons (Fsp3) is 1.00. The number of fused-ring (bicyclic) bond motifs is 1. The molecule has 0 bridgehead atoms. The second-order valence-electron chi connectivity index (χ2n) is 4.43. The normalized spacial score (nSPS) is 43.1. The minimum Gasteiger partial charge on any atom is -0.295 e. The Morgan fingerprint density at radius 3 is 2.64 bits per heavy atom. The van der Waals surface area contributed by atoms with Crippen LogP contribution in [0.3, 0.4) is 0 Å². The Morgan fingerprint density at radius 1 is 1.55 bits per heavy atom. The van der Waals surface area contributed by atoms with E-state index in [0.717, 1.165) is 12.0 Å². The molecule has 1 aliphatic heterocycles. The van der Waals surface area contributed by atoms with E-state index in [9.17, 15) is 0 Å².